The molecule has 18 heavy (non-hydrogen) atoms. The number of hydrogen-bond donors (Lipinski definition) is 0. The van der Waals surface area contributed by atoms with Crippen LogP contribution in [0, 0.1) is 10.1 Å². The molecule has 2 rings (SSSR count). The van der Waals surface area contributed by atoms with E-state index in [0.717, 1.165) is 10.9 Å². The second kappa shape index (κ2) is 4.14. The normalized spacial score (nSPS) is 11.4. The molecule has 9 nitrogen and oxygen atoms in total. The zero-order valence-electron chi connectivity index (χ0n) is 9.09. The van der Waals surface area contributed by atoms with E-state index in [9.17, 15) is 18.5 Å². The van der Waals surface area contributed by atoms with Crippen LogP contribution >= 0.6 is 0 Å². The van der Waals surface area contributed by atoms with Crippen LogP contribution in [0.2, 0.25) is 0 Å². The molecule has 0 radical (unpaired) electrons. The summed E-state index contributed by atoms with van der Waals surface area (Å²) in [5, 5.41) is 20.4. The van der Waals surface area contributed by atoms with Gasteiger partial charge >= 0.3 is 0 Å². The molecule has 1 aromatic carbocycles. The highest BCUT2D eigenvalue weighted by Crippen LogP contribution is 2.16. The molecule has 0 aliphatic rings. The lowest BCUT2D eigenvalue weighted by molar-refractivity contribution is -0.384. The predicted molar refractivity (Wildman–Crippen MR) is 58.9 cm³/mol. The van der Waals surface area contributed by atoms with Gasteiger partial charge in [-0.1, -0.05) is 5.10 Å². The van der Waals surface area contributed by atoms with E-state index in [1.54, 1.807) is 0 Å². The van der Waals surface area contributed by atoms with Gasteiger partial charge in [-0.05, 0) is 22.6 Å². The second-order valence-electron chi connectivity index (χ2n) is 3.42. The maximum absolute atomic E-state index is 11.4. The topological polar surface area (TPSA) is 121 Å². The number of hydrogen-bond acceptors (Lipinski definition) is 7. The van der Waals surface area contributed by atoms with Gasteiger partial charge in [0.1, 0.15) is 0 Å². The summed E-state index contributed by atoms with van der Waals surface area (Å²) in [4.78, 5) is 9.93. The van der Waals surface area contributed by atoms with Gasteiger partial charge in [0.25, 0.3) is 10.8 Å². The Morgan fingerprint density at radius 3 is 2.39 bits per heavy atom. The minimum Gasteiger partial charge on any atom is -0.258 e. The summed E-state index contributed by atoms with van der Waals surface area (Å²) in [6.45, 7) is 0. The van der Waals surface area contributed by atoms with Crippen molar-refractivity contribution in [1.29, 1.82) is 0 Å². The average Bonchev–Trinajstić information content (AvgIpc) is 2.77. The van der Waals surface area contributed by atoms with E-state index in [2.05, 4.69) is 15.5 Å². The fourth-order valence-electron chi connectivity index (χ4n) is 1.29. The summed E-state index contributed by atoms with van der Waals surface area (Å²) in [6.07, 6.45) is 0.973. The van der Waals surface area contributed by atoms with Crippen molar-refractivity contribution >= 4 is 15.5 Å². The van der Waals surface area contributed by atoms with Gasteiger partial charge in [-0.15, -0.1) is 0 Å². The summed E-state index contributed by atoms with van der Waals surface area (Å²) < 4.78 is 23.8. The number of nitro benzene ring substituents is 1. The van der Waals surface area contributed by atoms with E-state index in [4.69, 9.17) is 0 Å². The summed E-state index contributed by atoms with van der Waals surface area (Å²) in [6, 6.07) is 5.21. The molecule has 0 spiro atoms. The van der Waals surface area contributed by atoms with E-state index in [1.807, 2.05) is 0 Å². The van der Waals surface area contributed by atoms with Crippen molar-refractivity contribution in [2.75, 3.05) is 6.26 Å². The lowest BCUT2D eigenvalue weighted by atomic mass is 10.3. The van der Waals surface area contributed by atoms with Crippen LogP contribution in [0.15, 0.2) is 29.4 Å². The predicted octanol–water partition coefficient (Wildman–Crippen LogP) is -0.0260. The van der Waals surface area contributed by atoms with Gasteiger partial charge in [-0.25, -0.2) is 8.42 Å². The molecule has 0 atom stereocenters. The van der Waals surface area contributed by atoms with Crippen molar-refractivity contribution in [3.63, 3.8) is 0 Å². The average molecular weight is 269 g/mol. The largest absolute Gasteiger partial charge is 0.272 e. The minimum absolute atomic E-state index is 0.104. The van der Waals surface area contributed by atoms with Gasteiger partial charge in [0.05, 0.1) is 10.6 Å². The summed E-state index contributed by atoms with van der Waals surface area (Å²) in [7, 11) is -3.57. The Balaban J connectivity index is 2.50. The molecular formula is C8H7N5O4S. The molecule has 1 aromatic heterocycles. The van der Waals surface area contributed by atoms with Crippen LogP contribution in [0.4, 0.5) is 5.69 Å². The maximum Gasteiger partial charge on any atom is 0.272 e. The molecule has 0 amide bonds. The van der Waals surface area contributed by atoms with Crippen LogP contribution in [0.25, 0.3) is 5.69 Å². The monoisotopic (exact) mass is 269 g/mol. The highest BCUT2D eigenvalue weighted by atomic mass is 32.2. The molecule has 0 saturated heterocycles. The summed E-state index contributed by atoms with van der Waals surface area (Å²) in [5.41, 5.74) is 0.221. The van der Waals surface area contributed by atoms with E-state index in [1.165, 1.54) is 24.3 Å². The third-order valence-corrected chi connectivity index (χ3v) is 3.00. The van der Waals surface area contributed by atoms with E-state index in [-0.39, 0.29) is 10.8 Å². The third kappa shape index (κ3) is 2.18. The van der Waals surface area contributed by atoms with Crippen molar-refractivity contribution in [2.45, 2.75) is 5.16 Å². The fraction of sp³-hybridized carbons (Fsp3) is 0.125. The zero-order chi connectivity index (χ0) is 13.3. The Morgan fingerprint density at radius 2 is 1.89 bits per heavy atom. The molecule has 0 N–H and O–H groups in total. The minimum atomic E-state index is -3.57. The van der Waals surface area contributed by atoms with E-state index < -0.39 is 14.8 Å². The maximum atomic E-state index is 11.4. The molecule has 94 valence electrons. The van der Waals surface area contributed by atoms with Crippen molar-refractivity contribution < 1.29 is 13.3 Å². The molecular weight excluding hydrogens is 262 g/mol. The summed E-state index contributed by atoms with van der Waals surface area (Å²) >= 11 is 0. The number of rotatable bonds is 3. The Labute approximate surface area is 101 Å². The quantitative estimate of drug-likeness (QED) is 0.566. The molecule has 1 heterocycles. The van der Waals surface area contributed by atoms with Gasteiger partial charge in [0, 0.05) is 18.4 Å². The first-order valence-electron chi connectivity index (χ1n) is 4.63. The highest BCUT2D eigenvalue weighted by Gasteiger charge is 2.18. The van der Waals surface area contributed by atoms with Crippen molar-refractivity contribution in [3.05, 3.63) is 34.4 Å². The molecule has 0 bridgehead atoms. The number of benzene rings is 1. The first kappa shape index (κ1) is 12.1. The molecule has 0 fully saturated rings. The molecule has 0 saturated carbocycles. The van der Waals surface area contributed by atoms with Crippen molar-refractivity contribution in [1.82, 2.24) is 20.2 Å². The van der Waals surface area contributed by atoms with Gasteiger partial charge < -0.3 is 0 Å². The molecule has 0 aliphatic carbocycles. The lowest BCUT2D eigenvalue weighted by Crippen LogP contribution is -2.08. The van der Waals surface area contributed by atoms with Crippen LogP contribution in [0.5, 0.6) is 0 Å². The fourth-order valence-corrected chi connectivity index (χ4v) is 1.93. The molecule has 2 aromatic rings. The Hall–Kier alpha value is -2.36. The highest BCUT2D eigenvalue weighted by molar-refractivity contribution is 7.90. The first-order valence-corrected chi connectivity index (χ1v) is 6.52. The van der Waals surface area contributed by atoms with Gasteiger partial charge in [0.15, 0.2) is 0 Å². The second-order valence-corrected chi connectivity index (χ2v) is 5.33. The van der Waals surface area contributed by atoms with Crippen molar-refractivity contribution in [3.8, 4) is 5.69 Å². The van der Waals surface area contributed by atoms with Crippen LogP contribution in [-0.2, 0) is 9.84 Å². The lowest BCUT2D eigenvalue weighted by Gasteiger charge is -2.02. The number of sulfone groups is 1. The third-order valence-electron chi connectivity index (χ3n) is 2.08. The van der Waals surface area contributed by atoms with Gasteiger partial charge in [-0.3, -0.25) is 10.1 Å². The Morgan fingerprint density at radius 1 is 1.28 bits per heavy atom. The Bertz CT molecular complexity index is 691. The number of aromatic nitrogens is 4. The molecule has 0 unspecified atom stereocenters. The number of nitro groups is 1. The first-order chi connectivity index (χ1) is 8.39. The zero-order valence-corrected chi connectivity index (χ0v) is 9.90. The van der Waals surface area contributed by atoms with Crippen LogP contribution in [-0.4, -0.2) is 39.8 Å². The SMILES string of the molecule is CS(=O)(=O)c1nnnn1-c1ccc([N+](=O)[O-])cc1. The standard InChI is InChI=1S/C8H7N5O4S/c1-18(16,17)8-9-10-11-12(8)6-2-4-7(5-3-6)13(14)15/h2-5H,1H3. The van der Waals surface area contributed by atoms with Gasteiger partial charge in [0.2, 0.25) is 9.84 Å². The molecule has 10 heteroatoms. The van der Waals surface area contributed by atoms with Crippen LogP contribution in [0.3, 0.4) is 0 Å². The van der Waals surface area contributed by atoms with E-state index >= 15 is 0 Å². The number of non-ortho nitro benzene ring substituents is 1. The van der Waals surface area contributed by atoms with Crippen LogP contribution in [0.1, 0.15) is 0 Å². The summed E-state index contributed by atoms with van der Waals surface area (Å²) in [5.74, 6) is 0. The molecule has 0 aliphatic heterocycles. The van der Waals surface area contributed by atoms with Crippen LogP contribution < -0.4 is 0 Å². The van der Waals surface area contributed by atoms with E-state index in [0.29, 0.717) is 5.69 Å². The Kier molecular flexibility index (Phi) is 2.79. The number of nitrogens with zero attached hydrogens (tertiary/aromatic N) is 5. The number of tetrazole rings is 1. The smallest absolute Gasteiger partial charge is 0.258 e. The van der Waals surface area contributed by atoms with Crippen molar-refractivity contribution in [2.24, 2.45) is 0 Å². The van der Waals surface area contributed by atoms with Gasteiger partial charge in [-0.2, -0.15) is 4.68 Å².